The number of hydrogen-bond donors (Lipinski definition) is 2. The van der Waals surface area contributed by atoms with E-state index in [0.29, 0.717) is 29.6 Å². The minimum Gasteiger partial charge on any atom is -0.494 e. The van der Waals surface area contributed by atoms with Gasteiger partial charge < -0.3 is 29.8 Å². The van der Waals surface area contributed by atoms with Gasteiger partial charge in [-0.25, -0.2) is 4.98 Å². The molecular formula is C36H36N6O3. The van der Waals surface area contributed by atoms with Crippen molar-refractivity contribution in [2.75, 3.05) is 19.0 Å². The second-order valence-corrected chi connectivity index (χ2v) is 13.4. The minimum atomic E-state index is 0.00607. The average Bonchev–Trinajstić information content (AvgIpc) is 3.26. The summed E-state index contributed by atoms with van der Waals surface area (Å²) < 4.78 is 10.4. The highest BCUT2D eigenvalue weighted by atomic mass is 16.5. The number of nitrogens with two attached hydrogens (primary N) is 1. The van der Waals surface area contributed by atoms with Gasteiger partial charge in [-0.3, -0.25) is 9.59 Å². The van der Waals surface area contributed by atoms with Crippen molar-refractivity contribution in [1.29, 1.82) is 0 Å². The number of carbonyl (C=O) groups is 2. The van der Waals surface area contributed by atoms with E-state index < -0.39 is 0 Å². The van der Waals surface area contributed by atoms with E-state index in [1.807, 2.05) is 24.1 Å². The van der Waals surface area contributed by atoms with Gasteiger partial charge in [0.25, 0.3) is 5.91 Å². The van der Waals surface area contributed by atoms with Crippen LogP contribution in [0.3, 0.4) is 0 Å². The zero-order chi connectivity index (χ0) is 30.6. The van der Waals surface area contributed by atoms with Crippen molar-refractivity contribution in [3.63, 3.8) is 0 Å². The zero-order valence-corrected chi connectivity index (χ0v) is 25.5. The summed E-state index contributed by atoms with van der Waals surface area (Å²) in [6.45, 7) is 1.65. The Bertz CT molecular complexity index is 2070. The summed E-state index contributed by atoms with van der Waals surface area (Å²) in [6.07, 6.45) is 4.97. The molecule has 2 aliphatic heterocycles. The molecular weight excluding hydrogens is 564 g/mol. The Morgan fingerprint density at radius 1 is 1.04 bits per heavy atom. The van der Waals surface area contributed by atoms with Crippen molar-refractivity contribution in [2.24, 2.45) is 24.6 Å². The number of nitrogens with zero attached hydrogens (tertiary/aromatic N) is 4. The molecule has 2 amide bonds. The molecule has 2 aliphatic carbocycles. The van der Waals surface area contributed by atoms with Gasteiger partial charge in [-0.1, -0.05) is 24.3 Å². The Kier molecular flexibility index (Phi) is 5.75. The lowest BCUT2D eigenvalue weighted by atomic mass is 10.0. The first-order valence-electron chi connectivity index (χ1n) is 16.0. The molecule has 9 nitrogen and oxygen atoms in total. The maximum Gasteiger partial charge on any atom is 0.254 e. The maximum absolute atomic E-state index is 13.7. The number of likely N-dealkylation sites (tertiary alicyclic amines) is 1. The fraction of sp³-hybridized carbons (Fsp3) is 0.361. The van der Waals surface area contributed by atoms with Gasteiger partial charge in [0.05, 0.1) is 24.7 Å². The van der Waals surface area contributed by atoms with E-state index in [-0.39, 0.29) is 23.9 Å². The van der Waals surface area contributed by atoms with E-state index >= 15 is 0 Å². The van der Waals surface area contributed by atoms with E-state index in [1.165, 1.54) is 12.8 Å². The van der Waals surface area contributed by atoms with Gasteiger partial charge >= 0.3 is 0 Å². The largest absolute Gasteiger partial charge is 0.494 e. The number of piperidine rings is 1. The van der Waals surface area contributed by atoms with Crippen LogP contribution in [0.1, 0.15) is 41.6 Å². The summed E-state index contributed by atoms with van der Waals surface area (Å²) in [5.74, 6) is 2.57. The molecule has 2 bridgehead atoms. The number of hydrogen-bond acceptors (Lipinski definition) is 5. The molecule has 3 atom stereocenters. The van der Waals surface area contributed by atoms with Gasteiger partial charge in [0, 0.05) is 54.4 Å². The number of aryl methyl sites for hydroxylation is 1. The highest BCUT2D eigenvalue weighted by Crippen LogP contribution is 2.41. The number of imidazole rings is 1. The quantitative estimate of drug-likeness (QED) is 0.274. The summed E-state index contributed by atoms with van der Waals surface area (Å²) >= 11 is 0. The van der Waals surface area contributed by atoms with Crippen molar-refractivity contribution in [1.82, 2.24) is 19.0 Å². The first kappa shape index (κ1) is 26.7. The van der Waals surface area contributed by atoms with Crippen LogP contribution in [0.4, 0.5) is 5.69 Å². The number of nitrogens with one attached hydrogen (secondary N) is 1. The molecule has 5 aromatic rings. The Labute approximate surface area is 261 Å². The smallest absolute Gasteiger partial charge is 0.254 e. The summed E-state index contributed by atoms with van der Waals surface area (Å²) in [6, 6.07) is 19.0. The van der Waals surface area contributed by atoms with Gasteiger partial charge in [-0.15, -0.1) is 0 Å². The topological polar surface area (TPSA) is 107 Å². The van der Waals surface area contributed by atoms with Gasteiger partial charge in [-0.05, 0) is 84.5 Å². The average molecular weight is 601 g/mol. The summed E-state index contributed by atoms with van der Waals surface area (Å²) in [5, 5.41) is 4.14. The molecule has 2 aromatic heterocycles. The first-order valence-corrected chi connectivity index (χ1v) is 16.0. The van der Waals surface area contributed by atoms with Crippen LogP contribution in [0.15, 0.2) is 54.6 Å². The number of aromatic nitrogens is 3. The van der Waals surface area contributed by atoms with Crippen LogP contribution in [0, 0.1) is 11.8 Å². The van der Waals surface area contributed by atoms with Crippen LogP contribution in [-0.2, 0) is 24.8 Å². The first-order chi connectivity index (χ1) is 21.9. The van der Waals surface area contributed by atoms with Crippen LogP contribution in [0.2, 0.25) is 0 Å². The van der Waals surface area contributed by atoms with Crippen molar-refractivity contribution in [2.45, 2.75) is 50.7 Å². The molecule has 9 heteroatoms. The molecule has 2 saturated carbocycles. The lowest BCUT2D eigenvalue weighted by molar-refractivity contribution is -0.115. The molecule has 3 N–H and O–H groups in total. The number of methoxy groups -OCH3 is 1. The number of carbonyl (C=O) groups excluding carboxylic acids is 2. The molecule has 0 spiro atoms. The molecule has 3 fully saturated rings. The third-order valence-electron chi connectivity index (χ3n) is 10.7. The number of amides is 2. The molecule has 4 heterocycles. The van der Waals surface area contributed by atoms with E-state index in [1.54, 1.807) is 7.11 Å². The minimum absolute atomic E-state index is 0.00607. The molecule has 1 saturated heterocycles. The monoisotopic (exact) mass is 600 g/mol. The predicted octanol–water partition coefficient (Wildman–Crippen LogP) is 5.34. The van der Waals surface area contributed by atoms with Gasteiger partial charge in [0.2, 0.25) is 5.91 Å². The highest BCUT2D eigenvalue weighted by molar-refractivity contribution is 6.01. The van der Waals surface area contributed by atoms with E-state index in [4.69, 9.17) is 15.5 Å². The van der Waals surface area contributed by atoms with Gasteiger partial charge in [0.1, 0.15) is 11.3 Å². The number of rotatable bonds is 6. The second-order valence-electron chi connectivity index (χ2n) is 13.4. The van der Waals surface area contributed by atoms with Crippen molar-refractivity contribution < 1.29 is 14.3 Å². The second kappa shape index (κ2) is 9.68. The van der Waals surface area contributed by atoms with Gasteiger partial charge in [0.15, 0.2) is 5.82 Å². The highest BCUT2D eigenvalue weighted by Gasteiger charge is 2.47. The predicted molar refractivity (Wildman–Crippen MR) is 174 cm³/mol. The van der Waals surface area contributed by atoms with Crippen LogP contribution in [0.25, 0.3) is 44.6 Å². The van der Waals surface area contributed by atoms with Crippen molar-refractivity contribution in [3.8, 4) is 28.4 Å². The molecule has 2 unspecified atom stereocenters. The van der Waals surface area contributed by atoms with E-state index in [2.05, 4.69) is 56.9 Å². The van der Waals surface area contributed by atoms with E-state index in [9.17, 15) is 9.59 Å². The Balaban J connectivity index is 1.14. The molecule has 228 valence electrons. The third kappa shape index (κ3) is 4.13. The summed E-state index contributed by atoms with van der Waals surface area (Å²) in [5.41, 5.74) is 15.0. The molecule has 0 radical (unpaired) electrons. The fourth-order valence-corrected chi connectivity index (χ4v) is 8.04. The van der Waals surface area contributed by atoms with Crippen LogP contribution >= 0.6 is 0 Å². The Hall–Kier alpha value is -4.63. The molecule has 9 rings (SSSR count). The number of ether oxygens (including phenoxy) is 1. The number of anilines is 1. The van der Waals surface area contributed by atoms with Crippen LogP contribution in [0.5, 0.6) is 5.75 Å². The van der Waals surface area contributed by atoms with Crippen molar-refractivity contribution in [3.05, 3.63) is 65.7 Å². The maximum atomic E-state index is 13.7. The summed E-state index contributed by atoms with van der Waals surface area (Å²) in [7, 11) is 3.68. The SMILES string of the molecule is COc1cc(C(=O)N2CC3CCC2[C@@H]3N)cc2nc(-c3cc4ccc(-c5ccc6c(c5)NC(=O)C6)cc4n3CC3CC3)n(C)c12. The normalized spacial score (nSPS) is 22.1. The van der Waals surface area contributed by atoms with E-state index in [0.717, 1.165) is 81.8 Å². The Morgan fingerprint density at radius 2 is 1.87 bits per heavy atom. The zero-order valence-electron chi connectivity index (χ0n) is 25.5. The third-order valence-corrected chi connectivity index (χ3v) is 10.7. The van der Waals surface area contributed by atoms with Gasteiger partial charge in [-0.2, -0.15) is 0 Å². The molecule has 45 heavy (non-hydrogen) atoms. The number of fused-ring (bicyclic) bond motifs is 5. The van der Waals surface area contributed by atoms with Crippen LogP contribution in [-0.4, -0.2) is 56.6 Å². The lowest BCUT2D eigenvalue weighted by Gasteiger charge is -2.27. The summed E-state index contributed by atoms with van der Waals surface area (Å²) in [4.78, 5) is 32.8. The lowest BCUT2D eigenvalue weighted by Crippen LogP contribution is -2.41. The standard InChI is InChI=1S/C36H36N6O3/c1-40-34-27(12-25(15-31(34)45-2)36(44)42-18-24-9-10-28(42)33(24)37)39-35(40)30-14-23-8-6-21(13-29(23)41(30)17-19-3-4-19)20-5-7-22-16-32(43)38-26(22)11-20/h5-8,11-15,19,24,28,33H,3-4,9-10,16-18,37H2,1-2H3,(H,38,43)/t24?,28?,33-/m1/s1. The number of benzene rings is 3. The molecule has 4 aliphatic rings. The Morgan fingerprint density at radius 3 is 2.62 bits per heavy atom. The van der Waals surface area contributed by atoms with Crippen molar-refractivity contribution >= 4 is 39.4 Å². The fourth-order valence-electron chi connectivity index (χ4n) is 8.04. The molecule has 3 aromatic carbocycles. The van der Waals surface area contributed by atoms with Crippen LogP contribution < -0.4 is 15.8 Å².